The number of hydrogen-bond donors (Lipinski definition) is 2. The molecule has 0 bridgehead atoms. The molecule has 7 heteroatoms. The van der Waals surface area contributed by atoms with Crippen molar-refractivity contribution in [1.29, 1.82) is 0 Å². The van der Waals surface area contributed by atoms with Crippen molar-refractivity contribution < 1.29 is 18.5 Å². The molecule has 1 unspecified atom stereocenters. The molecule has 1 fully saturated rings. The minimum atomic E-state index is -0.319. The van der Waals surface area contributed by atoms with Gasteiger partial charge in [0.05, 0.1) is 12.8 Å². The van der Waals surface area contributed by atoms with Crippen molar-refractivity contribution in [3.05, 3.63) is 60.2 Å². The van der Waals surface area contributed by atoms with Gasteiger partial charge in [0.15, 0.2) is 18.3 Å². The van der Waals surface area contributed by atoms with Crippen LogP contribution < -0.4 is 10.2 Å². The molecule has 2 heterocycles. The zero-order chi connectivity index (χ0) is 19.3. The van der Waals surface area contributed by atoms with E-state index in [1.54, 1.807) is 18.4 Å². The first-order chi connectivity index (χ1) is 13.7. The number of quaternary nitrogens is 1. The molecule has 2 aromatic heterocycles. The van der Waals surface area contributed by atoms with Gasteiger partial charge in [0, 0.05) is 11.6 Å². The van der Waals surface area contributed by atoms with Gasteiger partial charge >= 0.3 is 0 Å². The summed E-state index contributed by atoms with van der Waals surface area (Å²) >= 11 is 0. The highest BCUT2D eigenvalue weighted by molar-refractivity contribution is 5.82. The van der Waals surface area contributed by atoms with E-state index < -0.39 is 0 Å². The predicted molar refractivity (Wildman–Crippen MR) is 102 cm³/mol. The standard InChI is InChI=1S/C21H24N4O3/c1-2-12-25(14-18-23-24-21(28-18)17-9-6-13-27-17)19(15-7-4-3-5-8-15)20(26)22-16-10-11-16/h3-9,13,16,19H,2,10-12,14H2,1H3,(H,22,26)/p+1/t19-/m1/s1. The van der Waals surface area contributed by atoms with Crippen molar-refractivity contribution in [2.75, 3.05) is 6.54 Å². The lowest BCUT2D eigenvalue weighted by molar-refractivity contribution is -0.936. The predicted octanol–water partition coefficient (Wildman–Crippen LogP) is 2.14. The molecule has 4 rings (SSSR count). The fraction of sp³-hybridized carbons (Fsp3) is 0.381. The number of rotatable bonds is 9. The molecule has 1 amide bonds. The number of nitrogens with zero attached hydrogens (tertiary/aromatic N) is 2. The number of benzene rings is 1. The largest absolute Gasteiger partial charge is 0.459 e. The minimum Gasteiger partial charge on any atom is -0.459 e. The van der Waals surface area contributed by atoms with Crippen molar-refractivity contribution in [2.45, 2.75) is 44.8 Å². The molecule has 1 aromatic carbocycles. The number of amides is 1. The number of carbonyl (C=O) groups is 1. The molecule has 28 heavy (non-hydrogen) atoms. The van der Waals surface area contributed by atoms with Crippen molar-refractivity contribution in [2.24, 2.45) is 0 Å². The van der Waals surface area contributed by atoms with Gasteiger partial charge in [-0.1, -0.05) is 37.3 Å². The highest BCUT2D eigenvalue weighted by Crippen LogP contribution is 2.21. The average Bonchev–Trinajstić information content (AvgIpc) is 3.17. The topological polar surface area (TPSA) is 85.6 Å². The quantitative estimate of drug-likeness (QED) is 0.593. The van der Waals surface area contributed by atoms with E-state index in [-0.39, 0.29) is 11.9 Å². The minimum absolute atomic E-state index is 0.0583. The van der Waals surface area contributed by atoms with Gasteiger partial charge in [0.2, 0.25) is 0 Å². The Kier molecular flexibility index (Phi) is 5.53. The van der Waals surface area contributed by atoms with E-state index in [0.29, 0.717) is 30.1 Å². The van der Waals surface area contributed by atoms with Gasteiger partial charge < -0.3 is 19.1 Å². The first-order valence-corrected chi connectivity index (χ1v) is 9.80. The maximum Gasteiger partial charge on any atom is 0.283 e. The van der Waals surface area contributed by atoms with Crippen molar-refractivity contribution in [3.63, 3.8) is 0 Å². The van der Waals surface area contributed by atoms with Gasteiger partial charge in [-0.2, -0.15) is 0 Å². The molecule has 1 aliphatic rings. The third-order valence-electron chi connectivity index (χ3n) is 4.88. The Morgan fingerprint density at radius 2 is 2.04 bits per heavy atom. The van der Waals surface area contributed by atoms with E-state index >= 15 is 0 Å². The molecule has 3 aromatic rings. The lowest BCUT2D eigenvalue weighted by atomic mass is 10.0. The molecular weight excluding hydrogens is 356 g/mol. The molecule has 1 aliphatic carbocycles. The summed E-state index contributed by atoms with van der Waals surface area (Å²) in [4.78, 5) is 14.2. The molecule has 2 N–H and O–H groups in total. The third kappa shape index (κ3) is 4.31. The van der Waals surface area contributed by atoms with Crippen LogP contribution >= 0.6 is 0 Å². The lowest BCUT2D eigenvalue weighted by Crippen LogP contribution is -3.12. The van der Waals surface area contributed by atoms with Crippen LogP contribution in [0.4, 0.5) is 0 Å². The molecule has 0 radical (unpaired) electrons. The van der Waals surface area contributed by atoms with Crippen molar-refractivity contribution in [3.8, 4) is 11.7 Å². The Hall–Kier alpha value is -2.93. The molecule has 146 valence electrons. The van der Waals surface area contributed by atoms with Crippen LogP contribution in [0.3, 0.4) is 0 Å². The van der Waals surface area contributed by atoms with Crippen molar-refractivity contribution in [1.82, 2.24) is 15.5 Å². The van der Waals surface area contributed by atoms with Crippen LogP contribution in [0.5, 0.6) is 0 Å². The summed E-state index contributed by atoms with van der Waals surface area (Å²) in [6, 6.07) is 13.5. The summed E-state index contributed by atoms with van der Waals surface area (Å²) in [6.07, 6.45) is 4.63. The molecule has 7 nitrogen and oxygen atoms in total. The van der Waals surface area contributed by atoms with Gasteiger partial charge in [0.25, 0.3) is 17.7 Å². The Morgan fingerprint density at radius 1 is 1.21 bits per heavy atom. The molecule has 0 aliphatic heterocycles. The first-order valence-electron chi connectivity index (χ1n) is 9.80. The van der Waals surface area contributed by atoms with Gasteiger partial charge in [-0.25, -0.2) is 0 Å². The number of hydrogen-bond acceptors (Lipinski definition) is 5. The average molecular weight is 381 g/mol. The second kappa shape index (κ2) is 8.39. The number of nitrogens with one attached hydrogen (secondary N) is 2. The summed E-state index contributed by atoms with van der Waals surface area (Å²) in [6.45, 7) is 3.40. The summed E-state index contributed by atoms with van der Waals surface area (Å²) in [5.74, 6) is 1.45. The van der Waals surface area contributed by atoms with Gasteiger partial charge in [0.1, 0.15) is 0 Å². The zero-order valence-electron chi connectivity index (χ0n) is 15.9. The summed E-state index contributed by atoms with van der Waals surface area (Å²) in [7, 11) is 0. The third-order valence-corrected chi connectivity index (χ3v) is 4.88. The van der Waals surface area contributed by atoms with Crippen molar-refractivity contribution >= 4 is 5.91 Å². The first kappa shape index (κ1) is 18.4. The van der Waals surface area contributed by atoms with Crippen LogP contribution in [0.25, 0.3) is 11.7 Å². The summed E-state index contributed by atoms with van der Waals surface area (Å²) in [5, 5.41) is 11.4. The lowest BCUT2D eigenvalue weighted by Gasteiger charge is -2.27. The number of aromatic nitrogens is 2. The summed E-state index contributed by atoms with van der Waals surface area (Å²) in [5.41, 5.74) is 0.995. The fourth-order valence-electron chi connectivity index (χ4n) is 3.41. The highest BCUT2D eigenvalue weighted by atomic mass is 16.4. The van der Waals surface area contributed by atoms with Crippen LogP contribution in [-0.4, -0.2) is 28.7 Å². The molecule has 2 atom stereocenters. The Balaban J connectivity index is 1.58. The second-order valence-electron chi connectivity index (χ2n) is 7.19. The van der Waals surface area contributed by atoms with Crippen LogP contribution in [0, 0.1) is 0 Å². The van der Waals surface area contributed by atoms with E-state index in [0.717, 1.165) is 36.3 Å². The maximum absolute atomic E-state index is 13.1. The Labute approximate surface area is 163 Å². The monoisotopic (exact) mass is 381 g/mol. The number of furan rings is 1. The van der Waals surface area contributed by atoms with Gasteiger partial charge in [-0.3, -0.25) is 4.79 Å². The zero-order valence-corrected chi connectivity index (χ0v) is 15.9. The van der Waals surface area contributed by atoms with E-state index in [1.807, 2.05) is 30.3 Å². The molecule has 0 spiro atoms. The normalized spacial score (nSPS) is 15.9. The second-order valence-corrected chi connectivity index (χ2v) is 7.19. The van der Waals surface area contributed by atoms with Gasteiger partial charge in [-0.05, 0) is 31.4 Å². The maximum atomic E-state index is 13.1. The van der Waals surface area contributed by atoms with Crippen LogP contribution in [0.15, 0.2) is 57.6 Å². The SMILES string of the molecule is CCC[NH+](Cc1nnc(-c2ccco2)o1)[C@@H](C(=O)NC1CC1)c1ccccc1. The smallest absolute Gasteiger partial charge is 0.283 e. The van der Waals surface area contributed by atoms with E-state index in [9.17, 15) is 4.79 Å². The van der Waals surface area contributed by atoms with Crippen LogP contribution in [0.2, 0.25) is 0 Å². The highest BCUT2D eigenvalue weighted by Gasteiger charge is 2.35. The van der Waals surface area contributed by atoms with E-state index in [1.165, 1.54) is 0 Å². The van der Waals surface area contributed by atoms with E-state index in [2.05, 4.69) is 22.4 Å². The Bertz CT molecular complexity index is 888. The van der Waals surface area contributed by atoms with Gasteiger partial charge in [-0.15, -0.1) is 10.2 Å². The Morgan fingerprint density at radius 3 is 2.71 bits per heavy atom. The molecular formula is C21H25N4O3+. The molecule has 1 saturated carbocycles. The molecule has 0 saturated heterocycles. The number of carbonyl (C=O) groups excluding carboxylic acids is 1. The van der Waals surface area contributed by atoms with E-state index in [4.69, 9.17) is 8.83 Å². The van der Waals surface area contributed by atoms with Crippen LogP contribution in [0.1, 0.15) is 43.7 Å². The fourth-order valence-corrected chi connectivity index (χ4v) is 3.41. The van der Waals surface area contributed by atoms with Crippen LogP contribution in [-0.2, 0) is 11.3 Å². The summed E-state index contributed by atoms with van der Waals surface area (Å²) < 4.78 is 11.1.